The first-order valence-electron chi connectivity index (χ1n) is 22.6. The molecule has 1 radical (unpaired) electrons. The van der Waals surface area contributed by atoms with Gasteiger partial charge in [-0.2, -0.15) is 13.2 Å². The average Bonchev–Trinajstić information content (AvgIpc) is 3.76. The van der Waals surface area contributed by atoms with Crippen molar-refractivity contribution in [1.29, 1.82) is 0 Å². The van der Waals surface area contributed by atoms with E-state index in [1.165, 1.54) is 42.4 Å². The number of aliphatic hydroxyl groups excluding tert-OH is 1. The van der Waals surface area contributed by atoms with E-state index in [1.54, 1.807) is 6.92 Å². The van der Waals surface area contributed by atoms with E-state index >= 15 is 0 Å². The van der Waals surface area contributed by atoms with Crippen molar-refractivity contribution < 1.29 is 47.3 Å². The first-order valence-corrected chi connectivity index (χ1v) is 21.1. The first-order chi connectivity index (χ1) is 29.8. The average molecular weight is 1010 g/mol. The molecule has 61 heavy (non-hydrogen) atoms. The predicted molar refractivity (Wildman–Crippen MR) is 241 cm³/mol. The van der Waals surface area contributed by atoms with Gasteiger partial charge in [0.25, 0.3) is 0 Å². The molecule has 1 fully saturated rings. The zero-order valence-electron chi connectivity index (χ0n) is 39.5. The second kappa shape index (κ2) is 22.4. The van der Waals surface area contributed by atoms with Crippen molar-refractivity contribution in [2.75, 3.05) is 0 Å². The van der Waals surface area contributed by atoms with Crippen LogP contribution in [0, 0.1) is 58.6 Å². The SMILES string of the molecule is CCC(CC)C(=O)/C=C(\O)C(CC)CC(F)(F)F.[2H]c1cc2cc(C)ccc2c(-c2[c-]c(C)cc(C)c2)n1.[2H]c1nc(-c2[c-]c(C)cc(C)c2)c2ccc(C3CCCC3)cc2c1[2H].[Ir]. The summed E-state index contributed by atoms with van der Waals surface area (Å²) in [6.45, 7) is 15.5. The molecule has 1 N–H and O–H groups in total. The number of aromatic nitrogens is 2. The topological polar surface area (TPSA) is 63.1 Å². The number of ketones is 1. The van der Waals surface area contributed by atoms with E-state index in [1.807, 2.05) is 33.8 Å². The molecule has 2 heterocycles. The molecule has 325 valence electrons. The molecular weight excluding hydrogens is 946 g/mol. The molecule has 6 aromatic rings. The van der Waals surface area contributed by atoms with Gasteiger partial charge in [-0.05, 0) is 95.6 Å². The third kappa shape index (κ3) is 13.7. The van der Waals surface area contributed by atoms with Crippen molar-refractivity contribution in [3.63, 3.8) is 0 Å². The zero-order chi connectivity index (χ0) is 46.2. The molecule has 7 rings (SSSR count). The smallest absolute Gasteiger partial charge is 0.389 e. The standard InChI is InChI=1S/C22H22N.C18H16N.C13H21F3O2.Ir/c1-15-11-16(2)13-20(12-15)22-21-8-7-18(17-5-3-4-6-17)14-19(21)9-10-23-22;1-12-4-5-17-15(9-12)6-7-19-18(17)16-10-13(2)8-14(3)11-16;1-4-9(5-2)11(17)7-12(18)10(6-3)8-13(14,15)16;/h7-12,14,17H,3-6H2,1-2H3;4-10H,1-3H3;7,9-10,18H,4-6,8H2,1-3H3;/q2*-1;;/b;;12-7-;/i9D,10D;7D;;. The fourth-order valence-corrected chi connectivity index (χ4v) is 8.10. The number of aliphatic hydroxyl groups is 1. The van der Waals surface area contributed by atoms with Gasteiger partial charge in [-0.15, -0.1) is 69.8 Å². The number of carbonyl (C=O) groups is 1. The second-order valence-corrected chi connectivity index (χ2v) is 16.2. The van der Waals surface area contributed by atoms with Gasteiger partial charge >= 0.3 is 6.18 Å². The van der Waals surface area contributed by atoms with Crippen LogP contribution in [0.3, 0.4) is 0 Å². The zero-order valence-corrected chi connectivity index (χ0v) is 38.9. The first kappa shape index (κ1) is 44.4. The van der Waals surface area contributed by atoms with Crippen LogP contribution >= 0.6 is 0 Å². The normalized spacial score (nSPS) is 14.3. The van der Waals surface area contributed by atoms with Gasteiger partial charge in [0.05, 0.1) is 16.3 Å². The Morgan fingerprint density at radius 2 is 1.30 bits per heavy atom. The molecule has 0 spiro atoms. The summed E-state index contributed by atoms with van der Waals surface area (Å²) in [6, 6.07) is 29.7. The number of hydrogen-bond donors (Lipinski definition) is 1. The minimum atomic E-state index is -4.33. The van der Waals surface area contributed by atoms with Crippen LogP contribution in [-0.2, 0) is 24.9 Å². The minimum Gasteiger partial charge on any atom is -0.512 e. The molecule has 4 aromatic carbocycles. The molecule has 0 aliphatic heterocycles. The van der Waals surface area contributed by atoms with E-state index in [-0.39, 0.29) is 50.4 Å². The summed E-state index contributed by atoms with van der Waals surface area (Å²) in [5.41, 5.74) is 10.5. The van der Waals surface area contributed by atoms with E-state index in [0.29, 0.717) is 24.9 Å². The molecule has 4 nitrogen and oxygen atoms in total. The predicted octanol–water partition coefficient (Wildman–Crippen LogP) is 15.0. The Morgan fingerprint density at radius 3 is 1.84 bits per heavy atom. The molecule has 1 aliphatic carbocycles. The third-order valence-corrected chi connectivity index (χ3v) is 11.2. The molecule has 8 heteroatoms. The van der Waals surface area contributed by atoms with Crippen molar-refractivity contribution >= 4 is 27.3 Å². The molecule has 1 saturated carbocycles. The number of aryl methyl sites for hydroxylation is 5. The van der Waals surface area contributed by atoms with Crippen molar-refractivity contribution in [3.8, 4) is 22.5 Å². The van der Waals surface area contributed by atoms with Crippen LogP contribution in [0.15, 0.2) is 97.0 Å². The van der Waals surface area contributed by atoms with Crippen molar-refractivity contribution in [2.45, 2.75) is 119 Å². The van der Waals surface area contributed by atoms with Crippen LogP contribution in [0.5, 0.6) is 0 Å². The van der Waals surface area contributed by atoms with E-state index in [9.17, 15) is 23.1 Å². The van der Waals surface area contributed by atoms with Gasteiger partial charge in [0.1, 0.15) is 0 Å². The fourth-order valence-electron chi connectivity index (χ4n) is 8.10. The van der Waals surface area contributed by atoms with Gasteiger partial charge in [0.15, 0.2) is 5.78 Å². The number of hydrogen-bond acceptors (Lipinski definition) is 4. The number of halogens is 3. The quantitative estimate of drug-likeness (QED) is 0.0844. The maximum Gasteiger partial charge on any atom is 0.389 e. The summed E-state index contributed by atoms with van der Waals surface area (Å²) in [5.74, 6) is -1.40. The molecule has 0 bridgehead atoms. The number of nitrogens with zero attached hydrogens (tertiary/aromatic N) is 2. The Balaban J connectivity index is 0.000000213. The van der Waals surface area contributed by atoms with Crippen LogP contribution in [0.1, 0.15) is 116 Å². The van der Waals surface area contributed by atoms with Gasteiger partial charge in [-0.3, -0.25) is 4.79 Å². The van der Waals surface area contributed by atoms with Crippen LogP contribution < -0.4 is 0 Å². The molecule has 0 amide bonds. The molecule has 0 saturated heterocycles. The van der Waals surface area contributed by atoms with Crippen molar-refractivity contribution in [3.05, 3.63) is 142 Å². The van der Waals surface area contributed by atoms with Gasteiger partial charge in [-0.25, -0.2) is 0 Å². The second-order valence-electron chi connectivity index (χ2n) is 16.2. The Kier molecular flexibility index (Phi) is 16.3. The minimum absolute atomic E-state index is 0. The van der Waals surface area contributed by atoms with E-state index in [2.05, 4.69) is 104 Å². The number of allylic oxidation sites excluding steroid dienone is 2. The largest absolute Gasteiger partial charge is 0.512 e. The fraction of sp³-hybridized carbons (Fsp3) is 0.377. The van der Waals surface area contributed by atoms with Crippen LogP contribution in [-0.4, -0.2) is 27.0 Å². The number of carbonyl (C=O) groups excluding carboxylic acids is 1. The third-order valence-electron chi connectivity index (χ3n) is 11.2. The summed E-state index contributed by atoms with van der Waals surface area (Å²) in [5, 5.41) is 13.6. The summed E-state index contributed by atoms with van der Waals surface area (Å²) >= 11 is 0. The van der Waals surface area contributed by atoms with Crippen LogP contribution in [0.25, 0.3) is 44.1 Å². The maximum atomic E-state index is 12.3. The molecule has 1 atom stereocenters. The number of benzene rings is 4. The Bertz CT molecular complexity index is 2560. The van der Waals surface area contributed by atoms with Gasteiger partial charge < -0.3 is 15.1 Å². The molecular formula is C53H59F3IrN2O2-2. The summed E-state index contributed by atoms with van der Waals surface area (Å²) in [7, 11) is 0. The van der Waals surface area contributed by atoms with Gasteiger partial charge in [0.2, 0.25) is 0 Å². The van der Waals surface area contributed by atoms with Gasteiger partial charge in [-0.1, -0.05) is 103 Å². The van der Waals surface area contributed by atoms with Gasteiger partial charge in [0, 0.05) is 50.4 Å². The van der Waals surface area contributed by atoms with E-state index in [0.717, 1.165) is 66.8 Å². The van der Waals surface area contributed by atoms with E-state index in [4.69, 9.17) is 4.11 Å². The number of rotatable bonds is 10. The summed E-state index contributed by atoms with van der Waals surface area (Å²) in [6.07, 6.45) is 2.32. The van der Waals surface area contributed by atoms with Crippen LogP contribution in [0.2, 0.25) is 0 Å². The Hall–Kier alpha value is -4.65. The number of pyridine rings is 2. The maximum absolute atomic E-state index is 12.3. The monoisotopic (exact) mass is 1010 g/mol. The van der Waals surface area contributed by atoms with Crippen molar-refractivity contribution in [2.24, 2.45) is 11.8 Å². The number of fused-ring (bicyclic) bond motifs is 2. The Labute approximate surface area is 378 Å². The Morgan fingerprint density at radius 1 is 0.754 bits per heavy atom. The summed E-state index contributed by atoms with van der Waals surface area (Å²) < 4.78 is 61.2. The molecule has 1 unspecified atom stereocenters. The molecule has 2 aromatic heterocycles. The van der Waals surface area contributed by atoms with Crippen molar-refractivity contribution in [1.82, 2.24) is 9.97 Å². The van der Waals surface area contributed by atoms with Crippen LogP contribution in [0.4, 0.5) is 13.2 Å². The number of alkyl halides is 3. The summed E-state index contributed by atoms with van der Waals surface area (Å²) in [4.78, 5) is 20.5. The van der Waals surface area contributed by atoms with E-state index < -0.39 is 24.3 Å². The molecule has 1 aliphatic rings.